The summed E-state index contributed by atoms with van der Waals surface area (Å²) in [4.78, 5) is 24.0. The number of esters is 2. The van der Waals surface area contributed by atoms with Crippen LogP contribution in [0.2, 0.25) is 0 Å². The molecule has 0 aliphatic carbocycles. The summed E-state index contributed by atoms with van der Waals surface area (Å²) >= 11 is 5.22. The summed E-state index contributed by atoms with van der Waals surface area (Å²) in [6.07, 6.45) is -0.711. The van der Waals surface area contributed by atoms with E-state index >= 15 is 0 Å². The van der Waals surface area contributed by atoms with Crippen LogP contribution in [-0.4, -0.2) is 36.4 Å². The quantitative estimate of drug-likeness (QED) is 0.540. The average molecular weight is 392 g/mol. The molecular weight excluding hydrogens is 368 g/mol. The highest BCUT2D eigenvalue weighted by molar-refractivity contribution is 7.80. The third-order valence-corrected chi connectivity index (χ3v) is 4.13. The third-order valence-electron chi connectivity index (χ3n) is 3.91. The van der Waals surface area contributed by atoms with Gasteiger partial charge >= 0.3 is 11.9 Å². The van der Waals surface area contributed by atoms with E-state index in [9.17, 15) is 9.59 Å². The van der Waals surface area contributed by atoms with Crippen molar-refractivity contribution in [1.82, 2.24) is 10.6 Å². The fourth-order valence-corrected chi connectivity index (χ4v) is 2.94. The van der Waals surface area contributed by atoms with Crippen LogP contribution in [0, 0.1) is 0 Å². The molecule has 0 spiro atoms. The van der Waals surface area contributed by atoms with Crippen molar-refractivity contribution in [3.05, 3.63) is 41.1 Å². The molecule has 2 N–H and O–H groups in total. The number of rotatable bonds is 7. The lowest BCUT2D eigenvalue weighted by atomic mass is 9.95. The Labute approximate surface area is 164 Å². The Balaban J connectivity index is 2.21. The van der Waals surface area contributed by atoms with Gasteiger partial charge in [-0.1, -0.05) is 12.1 Å². The van der Waals surface area contributed by atoms with Crippen molar-refractivity contribution >= 4 is 29.3 Å². The number of nitrogens with one attached hydrogen (secondary N) is 2. The van der Waals surface area contributed by atoms with Gasteiger partial charge in [0.2, 0.25) is 0 Å². The van der Waals surface area contributed by atoms with E-state index in [1.54, 1.807) is 39.8 Å². The molecule has 0 fully saturated rings. The normalized spacial score (nSPS) is 17.5. The first-order valence-electron chi connectivity index (χ1n) is 8.76. The number of carbonyl (C=O) groups is 2. The molecule has 0 bridgehead atoms. The van der Waals surface area contributed by atoms with Gasteiger partial charge in [0.15, 0.2) is 11.2 Å². The number of carbonyl (C=O) groups excluding carboxylic acids is 2. The minimum atomic E-state index is -0.711. The van der Waals surface area contributed by atoms with Crippen LogP contribution in [0.25, 0.3) is 0 Å². The third kappa shape index (κ3) is 5.19. The van der Waals surface area contributed by atoms with E-state index in [1.165, 1.54) is 0 Å². The second-order valence-electron chi connectivity index (χ2n) is 5.87. The van der Waals surface area contributed by atoms with E-state index in [1.807, 2.05) is 12.1 Å². The Kier molecular flexibility index (Phi) is 7.18. The molecule has 2 atom stereocenters. The van der Waals surface area contributed by atoms with Crippen molar-refractivity contribution in [3.63, 3.8) is 0 Å². The van der Waals surface area contributed by atoms with Crippen LogP contribution >= 0.6 is 12.2 Å². The Morgan fingerprint density at radius 3 is 2.37 bits per heavy atom. The van der Waals surface area contributed by atoms with Gasteiger partial charge in [-0.05, 0) is 57.6 Å². The Bertz CT molecular complexity index is 745. The molecule has 2 rings (SSSR count). The largest absolute Gasteiger partial charge is 0.479 e. The summed E-state index contributed by atoms with van der Waals surface area (Å²) in [5.41, 5.74) is 1.94. The van der Waals surface area contributed by atoms with Crippen molar-refractivity contribution in [2.24, 2.45) is 0 Å². The van der Waals surface area contributed by atoms with Gasteiger partial charge in [0, 0.05) is 5.70 Å². The topological polar surface area (TPSA) is 85.9 Å². The van der Waals surface area contributed by atoms with Crippen LogP contribution in [0.5, 0.6) is 5.75 Å². The van der Waals surface area contributed by atoms with E-state index in [0.717, 1.165) is 5.56 Å². The zero-order valence-corrected chi connectivity index (χ0v) is 16.6. The molecule has 1 aromatic rings. The smallest absolute Gasteiger partial charge is 0.347 e. The summed E-state index contributed by atoms with van der Waals surface area (Å²) in [5, 5.41) is 6.48. The SMILES string of the molecule is CCOC(=O)C1=C(C)NC(=S)N[C@@H]1c1ccc(O[C@H](C)C(=O)OCC)cc1. The first-order chi connectivity index (χ1) is 12.9. The van der Waals surface area contributed by atoms with Gasteiger partial charge < -0.3 is 24.8 Å². The Morgan fingerprint density at radius 1 is 1.15 bits per heavy atom. The van der Waals surface area contributed by atoms with E-state index in [2.05, 4.69) is 10.6 Å². The first-order valence-corrected chi connectivity index (χ1v) is 9.16. The van der Waals surface area contributed by atoms with Gasteiger partial charge in [-0.15, -0.1) is 0 Å². The number of benzene rings is 1. The molecule has 0 amide bonds. The van der Waals surface area contributed by atoms with E-state index in [-0.39, 0.29) is 6.61 Å². The maximum Gasteiger partial charge on any atom is 0.347 e. The molecular formula is C19H24N2O5S. The maximum atomic E-state index is 12.4. The standard InChI is InChI=1S/C19H24N2O5S/c1-5-24-17(22)12(4)26-14-9-7-13(8-10-14)16-15(18(23)25-6-2)11(3)20-19(27)21-16/h7-10,12,16H,5-6H2,1-4H3,(H2,20,21,27)/t12-,16-/m1/s1. The predicted molar refractivity (Wildman–Crippen MR) is 104 cm³/mol. The molecule has 1 aliphatic heterocycles. The highest BCUT2D eigenvalue weighted by atomic mass is 32.1. The number of thiocarbonyl (C=S) groups is 1. The van der Waals surface area contributed by atoms with Gasteiger partial charge in [0.25, 0.3) is 0 Å². The second-order valence-corrected chi connectivity index (χ2v) is 6.28. The monoisotopic (exact) mass is 392 g/mol. The summed E-state index contributed by atoms with van der Waals surface area (Å²) in [6, 6.07) is 6.65. The fourth-order valence-electron chi connectivity index (χ4n) is 2.67. The van der Waals surface area contributed by atoms with Gasteiger partial charge in [0.1, 0.15) is 5.75 Å². The zero-order chi connectivity index (χ0) is 20.0. The lowest BCUT2D eigenvalue weighted by Gasteiger charge is -2.30. The van der Waals surface area contributed by atoms with Crippen molar-refractivity contribution < 1.29 is 23.8 Å². The van der Waals surface area contributed by atoms with Gasteiger partial charge in [-0.2, -0.15) is 0 Å². The van der Waals surface area contributed by atoms with E-state index in [0.29, 0.717) is 28.7 Å². The van der Waals surface area contributed by atoms with Crippen LogP contribution in [0.3, 0.4) is 0 Å². The van der Waals surface area contributed by atoms with Crippen LogP contribution < -0.4 is 15.4 Å². The van der Waals surface area contributed by atoms with Gasteiger partial charge in [-0.25, -0.2) is 9.59 Å². The maximum absolute atomic E-state index is 12.4. The number of hydrogen-bond donors (Lipinski definition) is 2. The van der Waals surface area contributed by atoms with Gasteiger partial charge in [0.05, 0.1) is 24.8 Å². The minimum absolute atomic E-state index is 0.283. The summed E-state index contributed by atoms with van der Waals surface area (Å²) in [7, 11) is 0. The molecule has 1 heterocycles. The second kappa shape index (κ2) is 9.36. The van der Waals surface area contributed by atoms with Crippen LogP contribution in [0.1, 0.15) is 39.3 Å². The van der Waals surface area contributed by atoms with Crippen LogP contribution in [0.15, 0.2) is 35.5 Å². The molecule has 0 aromatic heterocycles. The Hall–Kier alpha value is -2.61. The molecule has 8 heteroatoms. The minimum Gasteiger partial charge on any atom is -0.479 e. The highest BCUT2D eigenvalue weighted by Gasteiger charge is 2.30. The summed E-state index contributed by atoms with van der Waals surface area (Å²) in [5.74, 6) is -0.303. The average Bonchev–Trinajstić information content (AvgIpc) is 2.62. The van der Waals surface area contributed by atoms with E-state index < -0.39 is 24.1 Å². The predicted octanol–water partition coefficient (Wildman–Crippen LogP) is 2.37. The molecule has 7 nitrogen and oxygen atoms in total. The molecule has 27 heavy (non-hydrogen) atoms. The van der Waals surface area contributed by atoms with Crippen molar-refractivity contribution in [2.75, 3.05) is 13.2 Å². The fraction of sp³-hybridized carbons (Fsp3) is 0.421. The number of ether oxygens (including phenoxy) is 3. The molecule has 0 unspecified atom stereocenters. The van der Waals surface area contributed by atoms with Crippen LogP contribution in [-0.2, 0) is 19.1 Å². The zero-order valence-electron chi connectivity index (χ0n) is 15.8. The van der Waals surface area contributed by atoms with Crippen molar-refractivity contribution in [3.8, 4) is 5.75 Å². The summed E-state index contributed by atoms with van der Waals surface area (Å²) < 4.78 is 15.7. The lowest BCUT2D eigenvalue weighted by Crippen LogP contribution is -2.45. The molecule has 0 saturated heterocycles. The molecule has 0 radical (unpaired) electrons. The lowest BCUT2D eigenvalue weighted by molar-refractivity contribution is -0.150. The number of allylic oxidation sites excluding steroid dienone is 1. The highest BCUT2D eigenvalue weighted by Crippen LogP contribution is 2.29. The molecule has 0 saturated carbocycles. The molecule has 1 aromatic carbocycles. The summed E-state index contributed by atoms with van der Waals surface area (Å²) in [6.45, 7) is 7.50. The number of hydrogen-bond acceptors (Lipinski definition) is 6. The molecule has 146 valence electrons. The van der Waals surface area contributed by atoms with E-state index in [4.69, 9.17) is 26.4 Å². The van der Waals surface area contributed by atoms with Crippen LogP contribution in [0.4, 0.5) is 0 Å². The Morgan fingerprint density at radius 2 is 1.78 bits per heavy atom. The van der Waals surface area contributed by atoms with Crippen molar-refractivity contribution in [2.45, 2.75) is 39.8 Å². The van der Waals surface area contributed by atoms with Crippen molar-refractivity contribution in [1.29, 1.82) is 0 Å². The molecule has 1 aliphatic rings. The van der Waals surface area contributed by atoms with Gasteiger partial charge in [-0.3, -0.25) is 0 Å². The first kappa shape index (κ1) is 20.7.